The highest BCUT2D eigenvalue weighted by atomic mass is 79.9. The third kappa shape index (κ3) is 5.45. The zero-order valence-electron chi connectivity index (χ0n) is 14.3. The lowest BCUT2D eigenvalue weighted by Crippen LogP contribution is -2.18. The maximum atomic E-state index is 12.6. The Labute approximate surface area is 160 Å². The number of sulfonamides is 1. The number of rotatable bonds is 8. The third-order valence-electron chi connectivity index (χ3n) is 3.19. The lowest BCUT2D eigenvalue weighted by molar-refractivity contribution is -0.119. The highest BCUT2D eigenvalue weighted by Crippen LogP contribution is 2.29. The van der Waals surface area contributed by atoms with Gasteiger partial charge in [-0.25, -0.2) is 8.42 Å². The molecule has 0 aliphatic heterocycles. The summed E-state index contributed by atoms with van der Waals surface area (Å²) >= 11 is 3.35. The summed E-state index contributed by atoms with van der Waals surface area (Å²) in [7, 11) is -2.42. The molecule has 9 heteroatoms. The number of carbonyl (C=O) groups is 1. The van der Waals surface area contributed by atoms with Gasteiger partial charge in [-0.15, -0.1) is 0 Å². The van der Waals surface area contributed by atoms with Gasteiger partial charge in [0.15, 0.2) is 0 Å². The normalized spacial score (nSPS) is 11.0. The van der Waals surface area contributed by atoms with Crippen LogP contribution in [0.2, 0.25) is 0 Å². The minimum atomic E-state index is -3.82. The Morgan fingerprint density at radius 2 is 1.92 bits per heavy atom. The van der Waals surface area contributed by atoms with E-state index < -0.39 is 10.0 Å². The number of ether oxygens (including phenoxy) is 2. The molecule has 0 saturated carbocycles. The number of carbonyl (C=O) groups excluding carboxylic acids is 1. The van der Waals surface area contributed by atoms with Crippen LogP contribution < -0.4 is 14.8 Å². The third-order valence-corrected chi connectivity index (χ3v) is 5.19. The lowest BCUT2D eigenvalue weighted by atomic mass is 10.3. The van der Waals surface area contributed by atoms with Crippen molar-refractivity contribution < 1.29 is 22.7 Å². The minimum absolute atomic E-state index is 0.0257. The molecule has 0 aliphatic carbocycles. The average molecular weight is 443 g/mol. The van der Waals surface area contributed by atoms with E-state index in [0.29, 0.717) is 28.2 Å². The van der Waals surface area contributed by atoms with Crippen molar-refractivity contribution in [3.05, 3.63) is 46.9 Å². The van der Waals surface area contributed by atoms with E-state index in [2.05, 4.69) is 26.0 Å². The second-order valence-electron chi connectivity index (χ2n) is 5.19. The Morgan fingerprint density at radius 3 is 2.58 bits per heavy atom. The number of anilines is 2. The molecule has 0 aromatic heterocycles. The summed E-state index contributed by atoms with van der Waals surface area (Å²) in [6, 6.07) is 10.9. The van der Waals surface area contributed by atoms with Crippen LogP contribution in [-0.4, -0.2) is 34.6 Å². The first-order valence-corrected chi connectivity index (χ1v) is 9.97. The van der Waals surface area contributed by atoms with Gasteiger partial charge in [-0.2, -0.15) is 0 Å². The first-order valence-electron chi connectivity index (χ1n) is 7.69. The largest absolute Gasteiger partial charge is 0.493 e. The van der Waals surface area contributed by atoms with Gasteiger partial charge in [0, 0.05) is 12.8 Å². The van der Waals surface area contributed by atoms with Gasteiger partial charge in [-0.05, 0) is 59.3 Å². The van der Waals surface area contributed by atoms with Crippen molar-refractivity contribution in [2.45, 2.75) is 11.8 Å². The van der Waals surface area contributed by atoms with Gasteiger partial charge < -0.3 is 14.8 Å². The van der Waals surface area contributed by atoms with Gasteiger partial charge in [-0.1, -0.05) is 6.07 Å². The van der Waals surface area contributed by atoms with Crippen LogP contribution in [0.4, 0.5) is 11.4 Å². The van der Waals surface area contributed by atoms with Crippen molar-refractivity contribution in [1.82, 2.24) is 0 Å². The van der Waals surface area contributed by atoms with Gasteiger partial charge in [-0.3, -0.25) is 9.52 Å². The minimum Gasteiger partial charge on any atom is -0.493 e. The number of hydrogen-bond donors (Lipinski definition) is 2. The van der Waals surface area contributed by atoms with E-state index in [1.807, 2.05) is 6.92 Å². The standard InChI is InChI=1S/C17H19BrN2O5S/c1-3-25-16-8-7-13(10-15(16)18)20-26(22,23)14-6-4-5-12(9-14)19-17(21)11-24-2/h4-10,20H,3,11H2,1-2H3,(H,19,21). The van der Waals surface area contributed by atoms with E-state index in [9.17, 15) is 13.2 Å². The summed E-state index contributed by atoms with van der Waals surface area (Å²) in [5.74, 6) is 0.253. The molecule has 0 radical (unpaired) electrons. The topological polar surface area (TPSA) is 93.7 Å². The molecule has 0 fully saturated rings. The number of benzene rings is 2. The number of hydrogen-bond acceptors (Lipinski definition) is 5. The second-order valence-corrected chi connectivity index (χ2v) is 7.73. The molecular weight excluding hydrogens is 424 g/mol. The number of nitrogens with one attached hydrogen (secondary N) is 2. The van der Waals surface area contributed by atoms with Crippen LogP contribution in [0.3, 0.4) is 0 Å². The average Bonchev–Trinajstić information content (AvgIpc) is 2.57. The smallest absolute Gasteiger partial charge is 0.261 e. The maximum Gasteiger partial charge on any atom is 0.261 e. The Bertz CT molecular complexity index is 886. The Balaban J connectivity index is 2.19. The first kappa shape index (κ1) is 20.2. The van der Waals surface area contributed by atoms with Crippen LogP contribution in [0, 0.1) is 0 Å². The molecule has 0 spiro atoms. The summed E-state index contributed by atoms with van der Waals surface area (Å²) in [6.45, 7) is 2.25. The zero-order valence-corrected chi connectivity index (χ0v) is 16.7. The van der Waals surface area contributed by atoms with E-state index in [1.54, 1.807) is 30.3 Å². The number of amides is 1. The fourth-order valence-corrected chi connectivity index (χ4v) is 3.71. The lowest BCUT2D eigenvalue weighted by Gasteiger charge is -2.12. The van der Waals surface area contributed by atoms with Gasteiger partial charge in [0.1, 0.15) is 12.4 Å². The molecule has 2 aromatic carbocycles. The molecule has 140 valence electrons. The molecule has 0 saturated heterocycles. The van der Waals surface area contributed by atoms with E-state index in [1.165, 1.54) is 19.2 Å². The van der Waals surface area contributed by atoms with Crippen molar-refractivity contribution in [2.75, 3.05) is 30.4 Å². The molecule has 0 atom stereocenters. The molecule has 0 heterocycles. The molecule has 2 rings (SSSR count). The van der Waals surface area contributed by atoms with Crippen molar-refractivity contribution in [2.24, 2.45) is 0 Å². The summed E-state index contributed by atoms with van der Waals surface area (Å²) < 4.78 is 38.5. The second kappa shape index (κ2) is 9.02. The molecule has 0 unspecified atom stereocenters. The molecule has 26 heavy (non-hydrogen) atoms. The molecule has 0 aliphatic rings. The number of halogens is 1. The molecule has 7 nitrogen and oxygen atoms in total. The monoisotopic (exact) mass is 442 g/mol. The van der Waals surface area contributed by atoms with Crippen molar-refractivity contribution in [3.8, 4) is 5.75 Å². The van der Waals surface area contributed by atoms with Crippen molar-refractivity contribution in [1.29, 1.82) is 0 Å². The summed E-state index contributed by atoms with van der Waals surface area (Å²) in [4.78, 5) is 11.6. The van der Waals surface area contributed by atoms with Crippen LogP contribution >= 0.6 is 15.9 Å². The Hall–Kier alpha value is -2.10. The van der Waals surface area contributed by atoms with Crippen LogP contribution in [0.15, 0.2) is 51.8 Å². The Kier molecular flexibility index (Phi) is 7.01. The fourth-order valence-electron chi connectivity index (χ4n) is 2.12. The Morgan fingerprint density at radius 1 is 1.15 bits per heavy atom. The predicted molar refractivity (Wildman–Crippen MR) is 103 cm³/mol. The summed E-state index contributed by atoms with van der Waals surface area (Å²) in [6.07, 6.45) is 0. The van der Waals surface area contributed by atoms with E-state index in [-0.39, 0.29) is 17.4 Å². The van der Waals surface area contributed by atoms with Crippen LogP contribution in [-0.2, 0) is 19.6 Å². The highest BCUT2D eigenvalue weighted by Gasteiger charge is 2.16. The van der Waals surface area contributed by atoms with Crippen LogP contribution in [0.25, 0.3) is 0 Å². The maximum absolute atomic E-state index is 12.6. The molecular formula is C17H19BrN2O5S. The first-order chi connectivity index (χ1) is 12.4. The van der Waals surface area contributed by atoms with Gasteiger partial charge >= 0.3 is 0 Å². The van der Waals surface area contributed by atoms with Crippen molar-refractivity contribution in [3.63, 3.8) is 0 Å². The van der Waals surface area contributed by atoms with E-state index >= 15 is 0 Å². The molecule has 1 amide bonds. The van der Waals surface area contributed by atoms with Gasteiger partial charge in [0.05, 0.1) is 21.7 Å². The fraction of sp³-hybridized carbons (Fsp3) is 0.235. The predicted octanol–water partition coefficient (Wildman–Crippen LogP) is 3.23. The molecule has 2 N–H and O–H groups in total. The SMILES string of the molecule is CCOc1ccc(NS(=O)(=O)c2cccc(NC(=O)COC)c2)cc1Br. The molecule has 0 bridgehead atoms. The summed E-state index contributed by atoms with van der Waals surface area (Å²) in [5, 5.41) is 2.57. The number of methoxy groups -OCH3 is 1. The van der Waals surface area contributed by atoms with Crippen molar-refractivity contribution >= 4 is 43.2 Å². The van der Waals surface area contributed by atoms with Crippen LogP contribution in [0.1, 0.15) is 6.92 Å². The highest BCUT2D eigenvalue weighted by molar-refractivity contribution is 9.10. The van der Waals surface area contributed by atoms with Gasteiger partial charge in [0.2, 0.25) is 5.91 Å². The van der Waals surface area contributed by atoms with Gasteiger partial charge in [0.25, 0.3) is 10.0 Å². The van der Waals surface area contributed by atoms with E-state index in [4.69, 9.17) is 9.47 Å². The molecule has 2 aromatic rings. The zero-order chi connectivity index (χ0) is 19.2. The van der Waals surface area contributed by atoms with E-state index in [0.717, 1.165) is 0 Å². The van der Waals surface area contributed by atoms with Crippen LogP contribution in [0.5, 0.6) is 5.75 Å². The summed E-state index contributed by atoms with van der Waals surface area (Å²) in [5.41, 5.74) is 0.747. The quantitative estimate of drug-likeness (QED) is 0.654.